The van der Waals surface area contributed by atoms with E-state index in [-0.39, 0.29) is 10.1 Å². The lowest BCUT2D eigenvalue weighted by Gasteiger charge is -2.34. The summed E-state index contributed by atoms with van der Waals surface area (Å²) in [6, 6.07) is 13.7. The number of benzene rings is 1. The number of nitrogens with one attached hydrogen (secondary N) is 1. The van der Waals surface area contributed by atoms with Crippen molar-refractivity contribution >= 4 is 59.8 Å². The highest BCUT2D eigenvalue weighted by atomic mass is 32.2. The van der Waals surface area contributed by atoms with Crippen molar-refractivity contribution in [3.05, 3.63) is 65.7 Å². The molecule has 164 valence electrons. The number of rotatable bonds is 5. The lowest BCUT2D eigenvalue weighted by molar-refractivity contribution is 0.0747. The molecule has 32 heavy (non-hydrogen) atoms. The van der Waals surface area contributed by atoms with Crippen molar-refractivity contribution in [1.29, 1.82) is 0 Å². The molecule has 0 radical (unpaired) electrons. The van der Waals surface area contributed by atoms with Gasteiger partial charge in [0.25, 0.3) is 15.9 Å². The van der Waals surface area contributed by atoms with Crippen molar-refractivity contribution in [3.8, 4) is 0 Å². The summed E-state index contributed by atoms with van der Waals surface area (Å²) < 4.78 is 27.7. The average molecular weight is 486 g/mol. The van der Waals surface area contributed by atoms with Gasteiger partial charge in [0.05, 0.1) is 0 Å². The fourth-order valence-electron chi connectivity index (χ4n) is 3.51. The summed E-state index contributed by atoms with van der Waals surface area (Å²) in [6.07, 6.45) is 1.76. The van der Waals surface area contributed by atoms with E-state index in [4.69, 9.17) is 0 Å². The van der Waals surface area contributed by atoms with Crippen molar-refractivity contribution < 1.29 is 13.2 Å². The second-order valence-electron chi connectivity index (χ2n) is 7.22. The number of carbonyl (C=O) groups excluding carboxylic acids is 1. The van der Waals surface area contributed by atoms with E-state index in [0.717, 1.165) is 26.8 Å². The summed E-state index contributed by atoms with van der Waals surface area (Å²) in [5, 5.41) is 2.62. The normalized spacial score (nSPS) is 14.6. The number of thiophene rings is 1. The fraction of sp³-hybridized carbons (Fsp3) is 0.190. The zero-order chi connectivity index (χ0) is 22.1. The van der Waals surface area contributed by atoms with Crippen LogP contribution in [0.15, 0.2) is 64.3 Å². The largest absolute Gasteiger partial charge is 0.344 e. The maximum Gasteiger partial charge on any atom is 0.271 e. The van der Waals surface area contributed by atoms with Gasteiger partial charge in [-0.05, 0) is 41.8 Å². The smallest absolute Gasteiger partial charge is 0.271 e. The molecule has 4 heterocycles. The summed E-state index contributed by atoms with van der Waals surface area (Å²) in [6.45, 7) is 2.48. The van der Waals surface area contributed by atoms with Crippen LogP contribution in [0.1, 0.15) is 10.4 Å². The van der Waals surface area contributed by atoms with Gasteiger partial charge in [-0.3, -0.25) is 9.52 Å². The SMILES string of the molecule is O=C(c1cccc(NS(=O)(=O)c2cccs2)c1)N1CCN(c2nc3cccnc3s2)CC1. The molecule has 1 N–H and O–H groups in total. The van der Waals surface area contributed by atoms with Gasteiger partial charge in [-0.25, -0.2) is 18.4 Å². The zero-order valence-corrected chi connectivity index (χ0v) is 19.3. The van der Waals surface area contributed by atoms with Gasteiger partial charge in [0.2, 0.25) is 0 Å². The molecule has 8 nitrogen and oxygen atoms in total. The molecule has 1 aliphatic heterocycles. The van der Waals surface area contributed by atoms with Gasteiger partial charge >= 0.3 is 0 Å². The Hall–Kier alpha value is -3.02. The Morgan fingerprint density at radius 2 is 1.88 bits per heavy atom. The van der Waals surface area contributed by atoms with Gasteiger partial charge in [-0.1, -0.05) is 23.5 Å². The van der Waals surface area contributed by atoms with Crippen LogP contribution in [-0.2, 0) is 10.0 Å². The third-order valence-electron chi connectivity index (χ3n) is 5.11. The molecule has 0 saturated carbocycles. The van der Waals surface area contributed by atoms with Gasteiger partial charge in [0, 0.05) is 43.6 Å². The third kappa shape index (κ3) is 4.18. The zero-order valence-electron chi connectivity index (χ0n) is 16.8. The van der Waals surface area contributed by atoms with Crippen LogP contribution in [0.25, 0.3) is 10.3 Å². The first-order valence-electron chi connectivity index (χ1n) is 9.92. The summed E-state index contributed by atoms with van der Waals surface area (Å²) in [7, 11) is -3.66. The Morgan fingerprint density at radius 3 is 2.62 bits per heavy atom. The van der Waals surface area contributed by atoms with E-state index in [2.05, 4.69) is 19.6 Å². The molecular weight excluding hydrogens is 466 g/mol. The van der Waals surface area contributed by atoms with Crippen LogP contribution >= 0.6 is 22.7 Å². The molecule has 0 bridgehead atoms. The molecule has 1 aliphatic rings. The number of nitrogens with zero attached hydrogens (tertiary/aromatic N) is 4. The minimum absolute atomic E-state index is 0.118. The number of aromatic nitrogens is 2. The predicted octanol–water partition coefficient (Wildman–Crippen LogP) is 3.52. The summed E-state index contributed by atoms with van der Waals surface area (Å²) in [5.41, 5.74) is 1.70. The van der Waals surface area contributed by atoms with E-state index < -0.39 is 10.0 Å². The van der Waals surface area contributed by atoms with Gasteiger partial charge in [-0.2, -0.15) is 0 Å². The molecule has 0 unspecified atom stereocenters. The van der Waals surface area contributed by atoms with Crippen molar-refractivity contribution in [3.63, 3.8) is 0 Å². The summed E-state index contributed by atoms with van der Waals surface area (Å²) in [4.78, 5) is 26.9. The first kappa shape index (κ1) is 20.9. The van der Waals surface area contributed by atoms with Crippen molar-refractivity contribution in [1.82, 2.24) is 14.9 Å². The van der Waals surface area contributed by atoms with Crippen LogP contribution in [0, 0.1) is 0 Å². The molecule has 11 heteroatoms. The third-order valence-corrected chi connectivity index (χ3v) is 8.93. The Balaban J connectivity index is 1.26. The average Bonchev–Trinajstić information content (AvgIpc) is 3.49. The lowest BCUT2D eigenvalue weighted by Crippen LogP contribution is -2.48. The van der Waals surface area contributed by atoms with Crippen molar-refractivity contribution in [2.24, 2.45) is 0 Å². The topological polar surface area (TPSA) is 95.5 Å². The summed E-state index contributed by atoms with van der Waals surface area (Å²) >= 11 is 2.70. The number of anilines is 2. The molecule has 0 spiro atoms. The number of fused-ring (bicyclic) bond motifs is 1. The van der Waals surface area contributed by atoms with E-state index in [1.165, 1.54) is 0 Å². The Morgan fingerprint density at radius 1 is 1.03 bits per heavy atom. The van der Waals surface area contributed by atoms with Gasteiger partial charge < -0.3 is 9.80 Å². The number of carbonyl (C=O) groups is 1. The number of piperazine rings is 1. The predicted molar refractivity (Wildman–Crippen MR) is 127 cm³/mol. The van der Waals surface area contributed by atoms with Crippen molar-refractivity contribution in [2.45, 2.75) is 4.21 Å². The van der Waals surface area contributed by atoms with E-state index in [1.54, 1.807) is 64.2 Å². The molecule has 3 aromatic heterocycles. The highest BCUT2D eigenvalue weighted by molar-refractivity contribution is 7.94. The quantitative estimate of drug-likeness (QED) is 0.465. The number of sulfonamides is 1. The molecule has 0 atom stereocenters. The fourth-order valence-corrected chi connectivity index (χ4v) is 6.52. The second kappa shape index (κ2) is 8.49. The van der Waals surface area contributed by atoms with Gasteiger partial charge in [0.1, 0.15) is 14.6 Å². The van der Waals surface area contributed by atoms with Crippen LogP contribution in [-0.4, -0.2) is 55.4 Å². The number of pyridine rings is 1. The number of amides is 1. The van der Waals surface area contributed by atoms with Crippen LogP contribution in [0.3, 0.4) is 0 Å². The molecule has 4 aromatic rings. The molecule has 1 aromatic carbocycles. The Kier molecular flexibility index (Phi) is 5.53. The highest BCUT2D eigenvalue weighted by Crippen LogP contribution is 2.28. The molecule has 5 rings (SSSR count). The van der Waals surface area contributed by atoms with Crippen molar-refractivity contribution in [2.75, 3.05) is 35.8 Å². The highest BCUT2D eigenvalue weighted by Gasteiger charge is 2.24. The molecule has 1 amide bonds. The first-order chi connectivity index (χ1) is 15.5. The van der Waals surface area contributed by atoms with E-state index in [0.29, 0.717) is 37.4 Å². The van der Waals surface area contributed by atoms with Crippen LogP contribution in [0.2, 0.25) is 0 Å². The number of thiazole rings is 1. The molecule has 0 aliphatic carbocycles. The molecule has 1 fully saturated rings. The Bertz CT molecular complexity index is 1330. The monoisotopic (exact) mass is 485 g/mol. The van der Waals surface area contributed by atoms with Crippen LogP contribution < -0.4 is 9.62 Å². The van der Waals surface area contributed by atoms with E-state index >= 15 is 0 Å². The minimum Gasteiger partial charge on any atom is -0.344 e. The minimum atomic E-state index is -3.66. The Labute approximate surface area is 193 Å². The first-order valence-corrected chi connectivity index (χ1v) is 13.1. The van der Waals surface area contributed by atoms with Crippen LogP contribution in [0.5, 0.6) is 0 Å². The standard InChI is InChI=1S/C21H19N5O3S3/c27-20(15-4-1-5-16(14-15)24-32(28,29)18-7-3-13-30-18)25-9-11-26(12-10-25)21-23-17-6-2-8-22-19(17)31-21/h1-8,13-14,24H,9-12H2. The molecule has 1 saturated heterocycles. The maximum atomic E-state index is 13.0. The lowest BCUT2D eigenvalue weighted by atomic mass is 10.1. The van der Waals surface area contributed by atoms with Gasteiger partial charge in [-0.15, -0.1) is 11.3 Å². The summed E-state index contributed by atoms with van der Waals surface area (Å²) in [5.74, 6) is -0.118. The maximum absolute atomic E-state index is 13.0. The number of hydrogen-bond donors (Lipinski definition) is 1. The molecular formula is C21H19N5O3S3. The van der Waals surface area contributed by atoms with Crippen LogP contribution in [0.4, 0.5) is 10.8 Å². The van der Waals surface area contributed by atoms with E-state index in [9.17, 15) is 13.2 Å². The number of hydrogen-bond acceptors (Lipinski definition) is 8. The second-order valence-corrected chi connectivity index (χ2v) is 11.0. The van der Waals surface area contributed by atoms with Gasteiger partial charge in [0.15, 0.2) is 5.13 Å². The van der Waals surface area contributed by atoms with E-state index in [1.807, 2.05) is 12.1 Å².